The highest BCUT2D eigenvalue weighted by Gasteiger charge is 2.15. The summed E-state index contributed by atoms with van der Waals surface area (Å²) in [6, 6.07) is 14.7. The largest absolute Gasteiger partial charge is 0.497 e. The molecule has 144 valence electrons. The van der Waals surface area contributed by atoms with Crippen molar-refractivity contribution < 1.29 is 9.13 Å². The summed E-state index contributed by atoms with van der Waals surface area (Å²) in [5.41, 5.74) is 5.08. The number of hydrogen-bond acceptors (Lipinski definition) is 2. The van der Waals surface area contributed by atoms with E-state index in [0.29, 0.717) is 6.42 Å². The summed E-state index contributed by atoms with van der Waals surface area (Å²) in [6.07, 6.45) is 1.48. The summed E-state index contributed by atoms with van der Waals surface area (Å²) in [4.78, 5) is 0. The number of fused-ring (bicyclic) bond motifs is 1. The van der Waals surface area contributed by atoms with Crippen molar-refractivity contribution in [3.8, 4) is 5.75 Å². The minimum Gasteiger partial charge on any atom is -0.497 e. The molecule has 0 saturated heterocycles. The second kappa shape index (κ2) is 9.38. The van der Waals surface area contributed by atoms with E-state index in [1.807, 2.05) is 6.07 Å². The lowest BCUT2D eigenvalue weighted by Crippen LogP contribution is -2.19. The molecule has 3 aromatic rings. The lowest BCUT2D eigenvalue weighted by molar-refractivity contribution is 0.415. The number of methoxy groups -OCH3 is 1. The van der Waals surface area contributed by atoms with Crippen molar-refractivity contribution >= 4 is 26.8 Å². The Bertz CT molecular complexity index is 889. The molecule has 0 bridgehead atoms. The molecule has 0 aliphatic carbocycles. The number of nitrogens with one attached hydrogen (secondary N) is 1. The molecule has 0 aliphatic heterocycles. The summed E-state index contributed by atoms with van der Waals surface area (Å²) < 4.78 is 21.2. The van der Waals surface area contributed by atoms with Crippen LogP contribution in [0.5, 0.6) is 5.75 Å². The first-order valence-electron chi connectivity index (χ1n) is 9.31. The fourth-order valence-corrected chi connectivity index (χ4v) is 3.74. The molecule has 27 heavy (non-hydrogen) atoms. The van der Waals surface area contributed by atoms with Crippen LogP contribution in [0.1, 0.15) is 23.2 Å². The Hall–Kier alpha value is -1.85. The van der Waals surface area contributed by atoms with E-state index in [0.717, 1.165) is 36.3 Å². The molecule has 5 heteroatoms. The van der Waals surface area contributed by atoms with Gasteiger partial charge in [0.25, 0.3) is 0 Å². The van der Waals surface area contributed by atoms with Gasteiger partial charge in [0, 0.05) is 27.6 Å². The van der Waals surface area contributed by atoms with E-state index >= 15 is 0 Å². The zero-order valence-corrected chi connectivity index (χ0v) is 17.5. The summed E-state index contributed by atoms with van der Waals surface area (Å²) in [5, 5.41) is 4.57. The number of ether oxygens (including phenoxy) is 1. The minimum absolute atomic E-state index is 0.268. The number of halogens is 2. The Kier molecular flexibility index (Phi) is 6.91. The van der Waals surface area contributed by atoms with Crippen molar-refractivity contribution in [2.45, 2.75) is 26.3 Å². The van der Waals surface area contributed by atoms with E-state index in [1.165, 1.54) is 27.7 Å². The highest BCUT2D eigenvalue weighted by Crippen LogP contribution is 2.30. The molecule has 0 unspecified atom stereocenters. The molecule has 0 aliphatic rings. The molecule has 1 heterocycles. The molecule has 3 rings (SSSR count). The minimum atomic E-state index is -0.268. The molecular weight excluding hydrogens is 407 g/mol. The van der Waals surface area contributed by atoms with Crippen molar-refractivity contribution in [3.05, 3.63) is 63.8 Å². The fourth-order valence-electron chi connectivity index (χ4n) is 3.48. The molecule has 3 nitrogen and oxygen atoms in total. The van der Waals surface area contributed by atoms with Gasteiger partial charge in [0.2, 0.25) is 0 Å². The Morgan fingerprint density at radius 2 is 1.89 bits per heavy atom. The van der Waals surface area contributed by atoms with Gasteiger partial charge in [-0.3, -0.25) is 4.39 Å². The van der Waals surface area contributed by atoms with Gasteiger partial charge in [-0.1, -0.05) is 28.1 Å². The number of aromatic nitrogens is 1. The van der Waals surface area contributed by atoms with Crippen LogP contribution in [0, 0.1) is 6.92 Å². The van der Waals surface area contributed by atoms with Crippen LogP contribution in [0.25, 0.3) is 10.9 Å². The number of hydrogen-bond donors (Lipinski definition) is 1. The lowest BCUT2D eigenvalue weighted by atomic mass is 10.1. The topological polar surface area (TPSA) is 26.2 Å². The van der Waals surface area contributed by atoms with Crippen molar-refractivity contribution in [2.24, 2.45) is 0 Å². The third kappa shape index (κ3) is 4.71. The molecule has 0 amide bonds. The predicted octanol–water partition coefficient (Wildman–Crippen LogP) is 5.26. The van der Waals surface area contributed by atoms with E-state index in [9.17, 15) is 4.39 Å². The molecule has 1 N–H and O–H groups in total. The highest BCUT2D eigenvalue weighted by atomic mass is 79.9. The molecule has 0 saturated carbocycles. The Morgan fingerprint density at radius 1 is 1.11 bits per heavy atom. The van der Waals surface area contributed by atoms with Crippen LogP contribution in [-0.4, -0.2) is 31.4 Å². The molecule has 1 aromatic heterocycles. The normalized spacial score (nSPS) is 11.3. The van der Waals surface area contributed by atoms with Crippen LogP contribution >= 0.6 is 15.9 Å². The van der Waals surface area contributed by atoms with Gasteiger partial charge in [-0.2, -0.15) is 0 Å². The Balaban J connectivity index is 1.92. The second-order valence-corrected chi connectivity index (χ2v) is 7.62. The van der Waals surface area contributed by atoms with Crippen molar-refractivity contribution in [2.75, 3.05) is 26.9 Å². The van der Waals surface area contributed by atoms with E-state index in [-0.39, 0.29) is 6.67 Å². The quantitative estimate of drug-likeness (QED) is 0.466. The van der Waals surface area contributed by atoms with E-state index in [2.05, 4.69) is 69.1 Å². The van der Waals surface area contributed by atoms with Crippen LogP contribution in [0.15, 0.2) is 46.9 Å². The monoisotopic (exact) mass is 432 g/mol. The zero-order valence-electron chi connectivity index (χ0n) is 15.9. The Labute approximate surface area is 168 Å². The van der Waals surface area contributed by atoms with Crippen molar-refractivity contribution in [3.63, 3.8) is 0 Å². The highest BCUT2D eigenvalue weighted by molar-refractivity contribution is 9.10. The van der Waals surface area contributed by atoms with E-state index in [1.54, 1.807) is 7.11 Å². The smallest absolute Gasteiger partial charge is 0.119 e. The zero-order chi connectivity index (χ0) is 19.2. The third-order valence-corrected chi connectivity index (χ3v) is 5.48. The fraction of sp³-hybridized carbons (Fsp3) is 0.364. The van der Waals surface area contributed by atoms with Gasteiger partial charge in [-0.15, -0.1) is 0 Å². The van der Waals surface area contributed by atoms with Gasteiger partial charge < -0.3 is 14.6 Å². The van der Waals surface area contributed by atoms with Gasteiger partial charge in [-0.25, -0.2) is 0 Å². The first kappa shape index (κ1) is 19.9. The van der Waals surface area contributed by atoms with Gasteiger partial charge in [0.1, 0.15) is 5.75 Å². The van der Waals surface area contributed by atoms with Crippen LogP contribution in [0.2, 0.25) is 0 Å². The molecule has 0 spiro atoms. The van der Waals surface area contributed by atoms with Gasteiger partial charge >= 0.3 is 0 Å². The van der Waals surface area contributed by atoms with E-state index < -0.39 is 0 Å². The molecule has 0 atom stereocenters. The Morgan fingerprint density at radius 3 is 2.59 bits per heavy atom. The maximum atomic E-state index is 12.3. The first-order valence-corrected chi connectivity index (χ1v) is 10.1. The van der Waals surface area contributed by atoms with Crippen molar-refractivity contribution in [1.82, 2.24) is 9.88 Å². The molecule has 0 fully saturated rings. The summed E-state index contributed by atoms with van der Waals surface area (Å²) >= 11 is 3.50. The SMILES string of the molecule is COc1ccc2c(c1)c(CCNCCCF)c(C)n2Cc1ccc(Br)cc1. The standard InChI is InChI=1S/C22H26BrFN2O/c1-16-20(10-13-25-12-3-11-24)21-14-19(27-2)8-9-22(21)26(16)15-17-4-6-18(23)7-5-17/h4-9,14,25H,3,10-13,15H2,1-2H3. The van der Waals surface area contributed by atoms with Crippen LogP contribution < -0.4 is 10.1 Å². The van der Waals surface area contributed by atoms with Crippen molar-refractivity contribution in [1.29, 1.82) is 0 Å². The number of alkyl halides is 1. The van der Waals surface area contributed by atoms with Crippen LogP contribution in [0.4, 0.5) is 4.39 Å². The average molecular weight is 433 g/mol. The number of benzene rings is 2. The van der Waals surface area contributed by atoms with E-state index in [4.69, 9.17) is 4.74 Å². The predicted molar refractivity (Wildman–Crippen MR) is 114 cm³/mol. The molecule has 2 aromatic carbocycles. The maximum Gasteiger partial charge on any atom is 0.119 e. The average Bonchev–Trinajstić information content (AvgIpc) is 2.94. The number of rotatable bonds is 9. The molecule has 0 radical (unpaired) electrons. The van der Waals surface area contributed by atoms with Crippen LogP contribution in [0.3, 0.4) is 0 Å². The summed E-state index contributed by atoms with van der Waals surface area (Å²) in [6.45, 7) is 4.31. The van der Waals surface area contributed by atoms with Gasteiger partial charge in [-0.05, 0) is 74.3 Å². The maximum absolute atomic E-state index is 12.3. The summed E-state index contributed by atoms with van der Waals surface area (Å²) in [7, 11) is 1.70. The summed E-state index contributed by atoms with van der Waals surface area (Å²) in [5.74, 6) is 0.870. The van der Waals surface area contributed by atoms with Gasteiger partial charge in [0.05, 0.1) is 13.8 Å². The van der Waals surface area contributed by atoms with Gasteiger partial charge in [0.15, 0.2) is 0 Å². The second-order valence-electron chi connectivity index (χ2n) is 6.70. The third-order valence-electron chi connectivity index (χ3n) is 4.95. The lowest BCUT2D eigenvalue weighted by Gasteiger charge is -2.10. The first-order chi connectivity index (χ1) is 13.1. The number of nitrogens with zero attached hydrogens (tertiary/aromatic N) is 1. The molecular formula is C22H26BrFN2O. The van der Waals surface area contributed by atoms with Crippen LogP contribution in [-0.2, 0) is 13.0 Å².